The van der Waals surface area contributed by atoms with Gasteiger partial charge in [-0.15, -0.1) is 0 Å². The van der Waals surface area contributed by atoms with Crippen molar-refractivity contribution in [3.8, 4) is 0 Å². The summed E-state index contributed by atoms with van der Waals surface area (Å²) < 4.78 is 16.1. The van der Waals surface area contributed by atoms with Crippen LogP contribution in [-0.2, 0) is 19.0 Å². The van der Waals surface area contributed by atoms with Gasteiger partial charge in [0.1, 0.15) is 0 Å². The van der Waals surface area contributed by atoms with Gasteiger partial charge in [-0.1, -0.05) is 0 Å². The molecule has 0 atom stereocenters. The standard InChI is InChI=1S/C16H29ClO4/c1-19-9-2-10-20-11-3-12-21-13-8-14-4-6-15(7-5-14)16(17)18/h14-15H,2-13H2,1H3. The van der Waals surface area contributed by atoms with Gasteiger partial charge in [0.15, 0.2) is 0 Å². The van der Waals surface area contributed by atoms with E-state index in [1.165, 1.54) is 0 Å². The van der Waals surface area contributed by atoms with Gasteiger partial charge >= 0.3 is 0 Å². The predicted octanol–water partition coefficient (Wildman–Crippen LogP) is 3.41. The van der Waals surface area contributed by atoms with Gasteiger partial charge in [0.05, 0.1) is 0 Å². The van der Waals surface area contributed by atoms with E-state index in [4.69, 9.17) is 25.8 Å². The van der Waals surface area contributed by atoms with Crippen LogP contribution in [0.15, 0.2) is 0 Å². The average molecular weight is 321 g/mol. The van der Waals surface area contributed by atoms with E-state index in [2.05, 4.69) is 0 Å². The number of ether oxygens (including phenoxy) is 3. The van der Waals surface area contributed by atoms with Gasteiger partial charge in [0, 0.05) is 46.1 Å². The van der Waals surface area contributed by atoms with Crippen LogP contribution in [-0.4, -0.2) is 45.4 Å². The average Bonchev–Trinajstić information content (AvgIpc) is 2.49. The van der Waals surface area contributed by atoms with Gasteiger partial charge in [0.25, 0.3) is 0 Å². The molecule has 1 fully saturated rings. The Balaban J connectivity index is 1.84. The smallest absolute Gasteiger partial charge is 0.224 e. The number of rotatable bonds is 12. The molecule has 0 aromatic rings. The zero-order chi connectivity index (χ0) is 15.3. The number of halogens is 1. The van der Waals surface area contributed by atoms with Gasteiger partial charge < -0.3 is 14.2 Å². The Hall–Kier alpha value is -0.160. The molecule has 4 nitrogen and oxygen atoms in total. The van der Waals surface area contributed by atoms with Crippen LogP contribution < -0.4 is 0 Å². The summed E-state index contributed by atoms with van der Waals surface area (Å²) >= 11 is 5.54. The quantitative estimate of drug-likeness (QED) is 0.408. The lowest BCUT2D eigenvalue weighted by Crippen LogP contribution is -2.19. The Morgan fingerprint density at radius 2 is 1.52 bits per heavy atom. The maximum atomic E-state index is 11.1. The molecule has 0 aliphatic heterocycles. The number of hydrogen-bond acceptors (Lipinski definition) is 4. The molecule has 1 aliphatic carbocycles. The molecule has 1 saturated carbocycles. The van der Waals surface area contributed by atoms with Gasteiger partial charge in [0.2, 0.25) is 5.24 Å². The second kappa shape index (κ2) is 12.4. The molecule has 0 saturated heterocycles. The second-order valence-corrected chi connectivity index (χ2v) is 6.11. The van der Waals surface area contributed by atoms with E-state index in [0.717, 1.165) is 78.0 Å². The highest BCUT2D eigenvalue weighted by Gasteiger charge is 2.24. The Bertz CT molecular complexity index is 265. The number of methoxy groups -OCH3 is 1. The molecular weight excluding hydrogens is 292 g/mol. The maximum absolute atomic E-state index is 11.1. The first-order chi connectivity index (χ1) is 10.2. The van der Waals surface area contributed by atoms with E-state index >= 15 is 0 Å². The first kappa shape index (κ1) is 18.9. The summed E-state index contributed by atoms with van der Waals surface area (Å²) in [6.45, 7) is 3.85. The first-order valence-electron chi connectivity index (χ1n) is 8.07. The fourth-order valence-corrected chi connectivity index (χ4v) is 2.92. The zero-order valence-corrected chi connectivity index (χ0v) is 13.9. The van der Waals surface area contributed by atoms with Gasteiger partial charge in [-0.05, 0) is 62.5 Å². The van der Waals surface area contributed by atoms with Crippen LogP contribution >= 0.6 is 11.6 Å². The van der Waals surface area contributed by atoms with E-state index < -0.39 is 0 Å². The van der Waals surface area contributed by atoms with Crippen molar-refractivity contribution in [1.29, 1.82) is 0 Å². The van der Waals surface area contributed by atoms with Crippen molar-refractivity contribution in [2.24, 2.45) is 11.8 Å². The lowest BCUT2D eigenvalue weighted by atomic mass is 9.81. The highest BCUT2D eigenvalue weighted by molar-refractivity contribution is 6.63. The van der Waals surface area contributed by atoms with Crippen molar-refractivity contribution in [3.63, 3.8) is 0 Å². The molecule has 0 bridgehead atoms. The van der Waals surface area contributed by atoms with E-state index in [9.17, 15) is 4.79 Å². The van der Waals surface area contributed by atoms with Gasteiger partial charge in [-0.25, -0.2) is 0 Å². The lowest BCUT2D eigenvalue weighted by molar-refractivity contribution is -0.116. The SMILES string of the molecule is COCCCOCCCOCCC1CCC(C(=O)Cl)CC1. The van der Waals surface area contributed by atoms with E-state index in [-0.39, 0.29) is 11.2 Å². The third-order valence-corrected chi connectivity index (χ3v) is 4.36. The summed E-state index contributed by atoms with van der Waals surface area (Å²) in [5.41, 5.74) is 0. The largest absolute Gasteiger partial charge is 0.385 e. The number of hydrogen-bond donors (Lipinski definition) is 0. The minimum absolute atomic E-state index is 0.0964. The summed E-state index contributed by atoms with van der Waals surface area (Å²) in [5, 5.41) is -0.157. The summed E-state index contributed by atoms with van der Waals surface area (Å²) in [4.78, 5) is 11.1. The molecule has 1 rings (SSSR count). The lowest BCUT2D eigenvalue weighted by Gasteiger charge is -2.26. The minimum atomic E-state index is -0.157. The molecule has 124 valence electrons. The van der Waals surface area contributed by atoms with E-state index in [0.29, 0.717) is 5.92 Å². The molecule has 0 unspecified atom stereocenters. The van der Waals surface area contributed by atoms with Crippen molar-refractivity contribution >= 4 is 16.8 Å². The Kier molecular flexibility index (Phi) is 11.1. The normalized spacial score (nSPS) is 22.4. The van der Waals surface area contributed by atoms with Gasteiger partial charge in [-0.3, -0.25) is 4.79 Å². The van der Waals surface area contributed by atoms with Crippen LogP contribution in [0.1, 0.15) is 44.9 Å². The van der Waals surface area contributed by atoms with E-state index in [1.807, 2.05) is 0 Å². The Morgan fingerprint density at radius 1 is 0.952 bits per heavy atom. The zero-order valence-electron chi connectivity index (χ0n) is 13.2. The Labute approximate surface area is 133 Å². The summed E-state index contributed by atoms with van der Waals surface area (Å²) in [6.07, 6.45) is 7.10. The van der Waals surface area contributed by atoms with Crippen LogP contribution in [0.25, 0.3) is 0 Å². The molecule has 0 aromatic carbocycles. The molecule has 0 heterocycles. The molecule has 5 heteroatoms. The topological polar surface area (TPSA) is 44.8 Å². The highest BCUT2D eigenvalue weighted by Crippen LogP contribution is 2.31. The molecule has 21 heavy (non-hydrogen) atoms. The maximum Gasteiger partial charge on any atom is 0.224 e. The molecule has 0 aromatic heterocycles. The fourth-order valence-electron chi connectivity index (χ4n) is 2.70. The second-order valence-electron chi connectivity index (χ2n) is 5.74. The third kappa shape index (κ3) is 9.46. The van der Waals surface area contributed by atoms with Crippen molar-refractivity contribution in [1.82, 2.24) is 0 Å². The summed E-state index contributed by atoms with van der Waals surface area (Å²) in [6, 6.07) is 0. The summed E-state index contributed by atoms with van der Waals surface area (Å²) in [7, 11) is 1.70. The van der Waals surface area contributed by atoms with Crippen molar-refractivity contribution in [2.75, 3.05) is 40.1 Å². The molecular formula is C16H29ClO4. The fraction of sp³-hybridized carbons (Fsp3) is 0.938. The van der Waals surface area contributed by atoms with Crippen LogP contribution in [0.5, 0.6) is 0 Å². The molecule has 0 spiro atoms. The third-order valence-electron chi connectivity index (χ3n) is 4.05. The Morgan fingerprint density at radius 3 is 2.10 bits per heavy atom. The summed E-state index contributed by atoms with van der Waals surface area (Å²) in [5.74, 6) is 0.793. The van der Waals surface area contributed by atoms with Gasteiger partial charge in [-0.2, -0.15) is 0 Å². The van der Waals surface area contributed by atoms with Crippen molar-refractivity contribution in [3.05, 3.63) is 0 Å². The van der Waals surface area contributed by atoms with Crippen molar-refractivity contribution in [2.45, 2.75) is 44.9 Å². The van der Waals surface area contributed by atoms with Crippen LogP contribution in [0.2, 0.25) is 0 Å². The number of carbonyl (C=O) groups is 1. The highest BCUT2D eigenvalue weighted by atomic mass is 35.5. The van der Waals surface area contributed by atoms with Crippen molar-refractivity contribution < 1.29 is 19.0 Å². The minimum Gasteiger partial charge on any atom is -0.385 e. The van der Waals surface area contributed by atoms with Crippen LogP contribution in [0, 0.1) is 11.8 Å². The predicted molar refractivity (Wildman–Crippen MR) is 83.7 cm³/mol. The first-order valence-corrected chi connectivity index (χ1v) is 8.45. The van der Waals surface area contributed by atoms with Crippen LogP contribution in [0.3, 0.4) is 0 Å². The molecule has 1 aliphatic rings. The number of carbonyl (C=O) groups excluding carboxylic acids is 1. The molecule has 0 amide bonds. The van der Waals surface area contributed by atoms with Crippen LogP contribution in [0.4, 0.5) is 0 Å². The molecule has 0 radical (unpaired) electrons. The monoisotopic (exact) mass is 320 g/mol. The van der Waals surface area contributed by atoms with E-state index in [1.54, 1.807) is 7.11 Å². The molecule has 0 N–H and O–H groups in total.